The van der Waals surface area contributed by atoms with E-state index >= 15 is 0 Å². The fourth-order valence-corrected chi connectivity index (χ4v) is 0.941. The Morgan fingerprint density at radius 3 is 2.57 bits per heavy atom. The van der Waals surface area contributed by atoms with E-state index in [0.29, 0.717) is 12.0 Å². The van der Waals surface area contributed by atoms with Crippen LogP contribution in [0.3, 0.4) is 0 Å². The fraction of sp³-hybridized carbons (Fsp3) is 0.250. The Morgan fingerprint density at radius 2 is 2.00 bits per heavy atom. The number of rotatable bonds is 2. The van der Waals surface area contributed by atoms with Crippen molar-refractivity contribution in [1.82, 2.24) is 0 Å². The first-order valence-corrected chi connectivity index (χ1v) is 4.53. The van der Waals surface area contributed by atoms with Crippen molar-refractivity contribution >= 4 is 5.78 Å². The zero-order valence-electron chi connectivity index (χ0n) is 8.01. The molecule has 0 aliphatic carbocycles. The van der Waals surface area contributed by atoms with E-state index in [0.717, 1.165) is 6.42 Å². The van der Waals surface area contributed by atoms with Gasteiger partial charge in [-0.25, -0.2) is 4.39 Å². The first-order chi connectivity index (χ1) is 6.74. The van der Waals surface area contributed by atoms with Crippen LogP contribution in [0.1, 0.15) is 30.1 Å². The molecule has 0 bridgehead atoms. The third kappa shape index (κ3) is 3.02. The summed E-state index contributed by atoms with van der Waals surface area (Å²) in [5.74, 6) is 4.67. The second-order valence-corrected chi connectivity index (χ2v) is 2.89. The topological polar surface area (TPSA) is 17.1 Å². The summed E-state index contributed by atoms with van der Waals surface area (Å²) < 4.78 is 12.5. The number of carbonyl (C=O) groups is 1. The zero-order chi connectivity index (χ0) is 10.4. The molecule has 1 rings (SSSR count). The third-order valence-corrected chi connectivity index (χ3v) is 1.68. The van der Waals surface area contributed by atoms with Gasteiger partial charge in [0.25, 0.3) is 0 Å². The van der Waals surface area contributed by atoms with Gasteiger partial charge in [0.1, 0.15) is 5.82 Å². The second-order valence-electron chi connectivity index (χ2n) is 2.89. The van der Waals surface area contributed by atoms with Gasteiger partial charge in [-0.05, 0) is 36.6 Å². The van der Waals surface area contributed by atoms with E-state index in [4.69, 9.17) is 0 Å². The number of ketones is 1. The monoisotopic (exact) mass is 190 g/mol. The minimum Gasteiger partial charge on any atom is -0.279 e. The molecule has 0 spiro atoms. The maximum absolute atomic E-state index is 12.5. The van der Waals surface area contributed by atoms with Crippen LogP contribution in [0, 0.1) is 17.7 Å². The van der Waals surface area contributed by atoms with Gasteiger partial charge in [-0.3, -0.25) is 4.79 Å². The van der Waals surface area contributed by atoms with E-state index in [2.05, 4.69) is 11.8 Å². The molecule has 0 unspecified atom stereocenters. The number of hydrogen-bond donors (Lipinski definition) is 0. The molecule has 1 aromatic carbocycles. The van der Waals surface area contributed by atoms with Crippen molar-refractivity contribution in [2.45, 2.75) is 19.8 Å². The average Bonchev–Trinajstić information content (AvgIpc) is 2.19. The SMILES string of the molecule is CCCC#CC(=O)c1ccc(F)cc1. The Kier molecular flexibility index (Phi) is 3.87. The second kappa shape index (κ2) is 5.18. The van der Waals surface area contributed by atoms with Crippen molar-refractivity contribution in [3.05, 3.63) is 35.6 Å². The molecule has 0 saturated heterocycles. The molecule has 1 aromatic rings. The molecule has 0 aromatic heterocycles. The predicted molar refractivity (Wildman–Crippen MR) is 53.4 cm³/mol. The van der Waals surface area contributed by atoms with Gasteiger partial charge < -0.3 is 0 Å². The standard InChI is InChI=1S/C12H11FO/c1-2-3-4-5-12(14)10-6-8-11(13)9-7-10/h6-9H,2-3H2,1H3. The lowest BCUT2D eigenvalue weighted by Crippen LogP contribution is -1.94. The molecule has 0 radical (unpaired) electrons. The number of hydrogen-bond acceptors (Lipinski definition) is 1. The van der Waals surface area contributed by atoms with Crippen molar-refractivity contribution in [3.63, 3.8) is 0 Å². The van der Waals surface area contributed by atoms with Gasteiger partial charge in [0, 0.05) is 12.0 Å². The highest BCUT2D eigenvalue weighted by atomic mass is 19.1. The Labute approximate surface area is 82.9 Å². The number of benzene rings is 1. The van der Waals surface area contributed by atoms with Crippen molar-refractivity contribution in [2.24, 2.45) is 0 Å². The maximum Gasteiger partial charge on any atom is 0.235 e. The Balaban J connectivity index is 2.72. The minimum absolute atomic E-state index is 0.251. The van der Waals surface area contributed by atoms with Crippen LogP contribution >= 0.6 is 0 Å². The van der Waals surface area contributed by atoms with Crippen LogP contribution in [0.25, 0.3) is 0 Å². The lowest BCUT2D eigenvalue weighted by molar-refractivity contribution is 0.105. The van der Waals surface area contributed by atoms with Gasteiger partial charge in [-0.1, -0.05) is 12.8 Å². The first kappa shape index (κ1) is 10.5. The maximum atomic E-state index is 12.5. The summed E-state index contributed by atoms with van der Waals surface area (Å²) in [6, 6.07) is 5.40. The zero-order valence-corrected chi connectivity index (χ0v) is 8.01. The molecule has 0 amide bonds. The Morgan fingerprint density at radius 1 is 1.36 bits per heavy atom. The summed E-state index contributed by atoms with van der Waals surface area (Å²) in [4.78, 5) is 11.3. The molecule has 1 nitrogen and oxygen atoms in total. The molecular formula is C12H11FO. The van der Waals surface area contributed by atoms with Crippen molar-refractivity contribution < 1.29 is 9.18 Å². The van der Waals surface area contributed by atoms with E-state index in [9.17, 15) is 9.18 Å². The summed E-state index contributed by atoms with van der Waals surface area (Å²) in [6.07, 6.45) is 1.65. The highest BCUT2D eigenvalue weighted by molar-refractivity contribution is 6.08. The molecule has 2 heteroatoms. The van der Waals surface area contributed by atoms with Crippen molar-refractivity contribution in [2.75, 3.05) is 0 Å². The van der Waals surface area contributed by atoms with Crippen LogP contribution < -0.4 is 0 Å². The highest BCUT2D eigenvalue weighted by Crippen LogP contribution is 2.02. The average molecular weight is 190 g/mol. The predicted octanol–water partition coefficient (Wildman–Crippen LogP) is 2.81. The quantitative estimate of drug-likeness (QED) is 0.398. The summed E-state index contributed by atoms with van der Waals surface area (Å²) in [5.41, 5.74) is 0.440. The van der Waals surface area contributed by atoms with Crippen molar-refractivity contribution in [3.8, 4) is 11.8 Å². The number of carbonyl (C=O) groups excluding carboxylic acids is 1. The van der Waals surface area contributed by atoms with Crippen LogP contribution in [0.4, 0.5) is 4.39 Å². The van der Waals surface area contributed by atoms with Gasteiger partial charge in [0.2, 0.25) is 5.78 Å². The van der Waals surface area contributed by atoms with Gasteiger partial charge in [-0.15, -0.1) is 0 Å². The summed E-state index contributed by atoms with van der Waals surface area (Å²) >= 11 is 0. The number of halogens is 1. The van der Waals surface area contributed by atoms with E-state index < -0.39 is 0 Å². The van der Waals surface area contributed by atoms with E-state index in [1.807, 2.05) is 6.92 Å². The largest absolute Gasteiger partial charge is 0.279 e. The Hall–Kier alpha value is -1.62. The van der Waals surface area contributed by atoms with Crippen LogP contribution in [0.15, 0.2) is 24.3 Å². The molecule has 0 aliphatic rings. The smallest absolute Gasteiger partial charge is 0.235 e. The van der Waals surface area contributed by atoms with E-state index in [1.165, 1.54) is 24.3 Å². The van der Waals surface area contributed by atoms with Gasteiger partial charge in [-0.2, -0.15) is 0 Å². The van der Waals surface area contributed by atoms with Crippen LogP contribution in [0.2, 0.25) is 0 Å². The lowest BCUT2D eigenvalue weighted by Gasteiger charge is -1.92. The molecule has 72 valence electrons. The van der Waals surface area contributed by atoms with Gasteiger partial charge >= 0.3 is 0 Å². The number of unbranched alkanes of at least 4 members (excludes halogenated alkanes) is 1. The van der Waals surface area contributed by atoms with Crippen molar-refractivity contribution in [1.29, 1.82) is 0 Å². The fourth-order valence-electron chi connectivity index (χ4n) is 0.941. The molecule has 0 N–H and O–H groups in total. The van der Waals surface area contributed by atoms with Gasteiger partial charge in [0.05, 0.1) is 0 Å². The highest BCUT2D eigenvalue weighted by Gasteiger charge is 2.00. The lowest BCUT2D eigenvalue weighted by atomic mass is 10.1. The van der Waals surface area contributed by atoms with Crippen LogP contribution in [-0.4, -0.2) is 5.78 Å². The molecule has 0 heterocycles. The van der Waals surface area contributed by atoms with E-state index in [1.54, 1.807) is 0 Å². The summed E-state index contributed by atoms with van der Waals surface area (Å²) in [6.45, 7) is 2.00. The third-order valence-electron chi connectivity index (χ3n) is 1.68. The van der Waals surface area contributed by atoms with Crippen LogP contribution in [-0.2, 0) is 0 Å². The Bertz CT molecular complexity index is 368. The number of Topliss-reactive ketones (excluding diaryl/α,β-unsaturated/α-hetero) is 1. The van der Waals surface area contributed by atoms with Crippen LogP contribution in [0.5, 0.6) is 0 Å². The van der Waals surface area contributed by atoms with E-state index in [-0.39, 0.29) is 11.6 Å². The summed E-state index contributed by atoms with van der Waals surface area (Å²) in [7, 11) is 0. The molecule has 0 saturated carbocycles. The summed E-state index contributed by atoms with van der Waals surface area (Å²) in [5, 5.41) is 0. The minimum atomic E-state index is -0.344. The molecular weight excluding hydrogens is 179 g/mol. The first-order valence-electron chi connectivity index (χ1n) is 4.53. The normalized spacial score (nSPS) is 9.00. The molecule has 0 fully saturated rings. The molecule has 14 heavy (non-hydrogen) atoms. The molecule has 0 aliphatic heterocycles. The molecule has 0 atom stereocenters. The van der Waals surface area contributed by atoms with Gasteiger partial charge in [0.15, 0.2) is 0 Å².